The predicted octanol–water partition coefficient (Wildman–Crippen LogP) is -0.516. The molecule has 12 heavy (non-hydrogen) atoms. The van der Waals surface area contributed by atoms with Gasteiger partial charge in [-0.25, -0.2) is 0 Å². The van der Waals surface area contributed by atoms with Crippen LogP contribution in [0.4, 0.5) is 0 Å². The molecule has 0 aliphatic rings. The first-order valence-electron chi connectivity index (χ1n) is 4.01. The summed E-state index contributed by atoms with van der Waals surface area (Å²) in [4.78, 5) is 10.6. The van der Waals surface area contributed by atoms with Crippen molar-refractivity contribution in [3.63, 3.8) is 0 Å². The summed E-state index contributed by atoms with van der Waals surface area (Å²) in [7, 11) is 0. The second kappa shape index (κ2) is 5.74. The monoisotopic (exact) mass is 171 g/mol. The van der Waals surface area contributed by atoms with E-state index in [1.54, 1.807) is 13.0 Å². The third-order valence-electron chi connectivity index (χ3n) is 1.59. The fourth-order valence-electron chi connectivity index (χ4n) is 0.840. The average molecular weight is 171 g/mol. The minimum atomic E-state index is -0.418. The molecule has 0 saturated carbocycles. The molecule has 0 aliphatic heterocycles. The lowest BCUT2D eigenvalue weighted by Gasteiger charge is -2.05. The van der Waals surface area contributed by atoms with Gasteiger partial charge in [-0.1, -0.05) is 6.08 Å². The Kier molecular flexibility index (Phi) is 5.32. The maximum atomic E-state index is 10.6. The van der Waals surface area contributed by atoms with Crippen LogP contribution >= 0.6 is 0 Å². The Balaban J connectivity index is 3.87. The lowest BCUT2D eigenvalue weighted by molar-refractivity contribution is -0.114. The molecular weight excluding hydrogens is 154 g/mol. The summed E-state index contributed by atoms with van der Waals surface area (Å²) >= 11 is 0. The van der Waals surface area contributed by atoms with E-state index in [1.807, 2.05) is 0 Å². The second-order valence-electron chi connectivity index (χ2n) is 2.81. The molecule has 0 heterocycles. The molecule has 0 aromatic rings. The maximum Gasteiger partial charge on any atom is 0.244 e. The Hall–Kier alpha value is -0.870. The van der Waals surface area contributed by atoms with Gasteiger partial charge in [0.15, 0.2) is 0 Å². The molecule has 4 nitrogen and oxygen atoms in total. The summed E-state index contributed by atoms with van der Waals surface area (Å²) in [6.45, 7) is 2.28. The SMILES string of the molecule is CC(=CC(N)CCCN)C(N)=O. The van der Waals surface area contributed by atoms with Gasteiger partial charge in [-0.3, -0.25) is 4.79 Å². The van der Waals surface area contributed by atoms with Gasteiger partial charge in [0.2, 0.25) is 5.91 Å². The Labute approximate surface area is 72.8 Å². The summed E-state index contributed by atoms with van der Waals surface area (Å²) in [6, 6.07) is -0.110. The largest absolute Gasteiger partial charge is 0.366 e. The molecule has 0 aliphatic carbocycles. The topological polar surface area (TPSA) is 95.1 Å². The van der Waals surface area contributed by atoms with E-state index in [0.717, 1.165) is 12.8 Å². The van der Waals surface area contributed by atoms with Crippen molar-refractivity contribution in [1.82, 2.24) is 0 Å². The van der Waals surface area contributed by atoms with Crippen LogP contribution in [-0.2, 0) is 4.79 Å². The highest BCUT2D eigenvalue weighted by molar-refractivity contribution is 5.91. The summed E-state index contributed by atoms with van der Waals surface area (Å²) in [5.41, 5.74) is 16.5. The molecule has 1 unspecified atom stereocenters. The fourth-order valence-corrected chi connectivity index (χ4v) is 0.840. The first-order chi connectivity index (χ1) is 5.57. The Morgan fingerprint density at radius 2 is 2.17 bits per heavy atom. The fraction of sp³-hybridized carbons (Fsp3) is 0.625. The molecule has 0 rings (SSSR count). The summed E-state index contributed by atoms with van der Waals surface area (Å²) in [6.07, 6.45) is 3.34. The molecule has 0 bridgehead atoms. The lowest BCUT2D eigenvalue weighted by Crippen LogP contribution is -2.21. The number of nitrogens with two attached hydrogens (primary N) is 3. The molecule has 70 valence electrons. The number of amides is 1. The van der Waals surface area contributed by atoms with Gasteiger partial charge in [-0.05, 0) is 26.3 Å². The summed E-state index contributed by atoms with van der Waals surface area (Å²) < 4.78 is 0. The number of primary amides is 1. The lowest BCUT2D eigenvalue weighted by atomic mass is 10.1. The van der Waals surface area contributed by atoms with Gasteiger partial charge in [-0.2, -0.15) is 0 Å². The molecule has 0 spiro atoms. The van der Waals surface area contributed by atoms with Crippen molar-refractivity contribution in [1.29, 1.82) is 0 Å². The molecular formula is C8H17N3O. The third kappa shape index (κ3) is 4.87. The van der Waals surface area contributed by atoms with Crippen LogP contribution in [0.15, 0.2) is 11.6 Å². The highest BCUT2D eigenvalue weighted by atomic mass is 16.1. The van der Waals surface area contributed by atoms with E-state index in [-0.39, 0.29) is 6.04 Å². The Bertz CT molecular complexity index is 177. The van der Waals surface area contributed by atoms with Crippen molar-refractivity contribution in [3.05, 3.63) is 11.6 Å². The Morgan fingerprint density at radius 1 is 1.58 bits per heavy atom. The van der Waals surface area contributed by atoms with Crippen LogP contribution in [0, 0.1) is 0 Å². The van der Waals surface area contributed by atoms with Crippen molar-refractivity contribution < 1.29 is 4.79 Å². The van der Waals surface area contributed by atoms with Crippen LogP contribution < -0.4 is 17.2 Å². The zero-order valence-corrected chi connectivity index (χ0v) is 7.42. The van der Waals surface area contributed by atoms with E-state index in [0.29, 0.717) is 12.1 Å². The Morgan fingerprint density at radius 3 is 2.58 bits per heavy atom. The van der Waals surface area contributed by atoms with E-state index in [4.69, 9.17) is 17.2 Å². The first kappa shape index (κ1) is 11.1. The van der Waals surface area contributed by atoms with Crippen molar-refractivity contribution in [2.75, 3.05) is 6.54 Å². The van der Waals surface area contributed by atoms with Gasteiger partial charge >= 0.3 is 0 Å². The molecule has 1 amide bonds. The van der Waals surface area contributed by atoms with Gasteiger partial charge in [0.05, 0.1) is 0 Å². The van der Waals surface area contributed by atoms with Crippen LogP contribution in [0.5, 0.6) is 0 Å². The van der Waals surface area contributed by atoms with Gasteiger partial charge < -0.3 is 17.2 Å². The highest BCUT2D eigenvalue weighted by Gasteiger charge is 2.01. The molecule has 0 fully saturated rings. The highest BCUT2D eigenvalue weighted by Crippen LogP contribution is 1.99. The number of hydrogen-bond donors (Lipinski definition) is 3. The van der Waals surface area contributed by atoms with Crippen molar-refractivity contribution in [2.45, 2.75) is 25.8 Å². The van der Waals surface area contributed by atoms with Gasteiger partial charge in [0.25, 0.3) is 0 Å². The minimum Gasteiger partial charge on any atom is -0.366 e. The first-order valence-corrected chi connectivity index (χ1v) is 4.01. The van der Waals surface area contributed by atoms with Crippen LogP contribution in [0.3, 0.4) is 0 Å². The zero-order valence-electron chi connectivity index (χ0n) is 7.42. The van der Waals surface area contributed by atoms with E-state index in [9.17, 15) is 4.79 Å². The summed E-state index contributed by atoms with van der Waals surface area (Å²) in [5.74, 6) is -0.418. The van der Waals surface area contributed by atoms with E-state index in [1.165, 1.54) is 0 Å². The zero-order chi connectivity index (χ0) is 9.56. The molecule has 6 N–H and O–H groups in total. The molecule has 0 aromatic carbocycles. The normalized spacial score (nSPS) is 14.4. The minimum absolute atomic E-state index is 0.110. The quantitative estimate of drug-likeness (QED) is 0.486. The summed E-state index contributed by atoms with van der Waals surface area (Å²) in [5, 5.41) is 0. The van der Waals surface area contributed by atoms with Gasteiger partial charge in [-0.15, -0.1) is 0 Å². The van der Waals surface area contributed by atoms with Crippen LogP contribution in [0.1, 0.15) is 19.8 Å². The maximum absolute atomic E-state index is 10.6. The van der Waals surface area contributed by atoms with Crippen molar-refractivity contribution in [3.8, 4) is 0 Å². The van der Waals surface area contributed by atoms with E-state index >= 15 is 0 Å². The molecule has 1 atom stereocenters. The van der Waals surface area contributed by atoms with E-state index < -0.39 is 5.91 Å². The molecule has 0 radical (unpaired) electrons. The second-order valence-corrected chi connectivity index (χ2v) is 2.81. The number of carbonyl (C=O) groups excluding carboxylic acids is 1. The predicted molar refractivity (Wildman–Crippen MR) is 49.2 cm³/mol. The number of rotatable bonds is 5. The number of hydrogen-bond acceptors (Lipinski definition) is 3. The molecule has 4 heteroatoms. The standard InChI is InChI=1S/C8H17N3O/c1-6(8(11)12)5-7(10)3-2-4-9/h5,7H,2-4,9-10H2,1H3,(H2,11,12). The van der Waals surface area contributed by atoms with Crippen molar-refractivity contribution in [2.24, 2.45) is 17.2 Å². The van der Waals surface area contributed by atoms with Gasteiger partial charge in [0, 0.05) is 11.6 Å². The smallest absolute Gasteiger partial charge is 0.244 e. The van der Waals surface area contributed by atoms with Crippen LogP contribution in [-0.4, -0.2) is 18.5 Å². The molecule has 0 aromatic heterocycles. The van der Waals surface area contributed by atoms with Crippen molar-refractivity contribution >= 4 is 5.91 Å². The van der Waals surface area contributed by atoms with Gasteiger partial charge in [0.1, 0.15) is 0 Å². The van der Waals surface area contributed by atoms with E-state index in [2.05, 4.69) is 0 Å². The third-order valence-corrected chi connectivity index (χ3v) is 1.59. The average Bonchev–Trinajstić information content (AvgIpc) is 2.00. The van der Waals surface area contributed by atoms with Crippen LogP contribution in [0.2, 0.25) is 0 Å². The van der Waals surface area contributed by atoms with Crippen LogP contribution in [0.25, 0.3) is 0 Å². The molecule has 0 saturated heterocycles. The number of carbonyl (C=O) groups is 1.